The summed E-state index contributed by atoms with van der Waals surface area (Å²) in [5, 5.41) is 0. The Labute approximate surface area is 134 Å². The third kappa shape index (κ3) is 2.77. The van der Waals surface area contributed by atoms with Crippen molar-refractivity contribution in [2.75, 3.05) is 0 Å². The monoisotopic (exact) mass is 297 g/mol. The Morgan fingerprint density at radius 3 is 2.26 bits per heavy atom. The van der Waals surface area contributed by atoms with E-state index >= 15 is 0 Å². The average Bonchev–Trinajstić information content (AvgIpc) is 3.05. The zero-order valence-corrected chi connectivity index (χ0v) is 12.5. The van der Waals surface area contributed by atoms with Crippen LogP contribution in [0.15, 0.2) is 79.3 Å². The van der Waals surface area contributed by atoms with E-state index in [1.165, 1.54) is 11.1 Å². The lowest BCUT2D eigenvalue weighted by atomic mass is 10.1. The van der Waals surface area contributed by atoms with Crippen LogP contribution >= 0.6 is 0 Å². The van der Waals surface area contributed by atoms with Crippen molar-refractivity contribution in [1.82, 2.24) is 14.4 Å². The molecule has 3 heteroatoms. The van der Waals surface area contributed by atoms with Crippen LogP contribution in [0.25, 0.3) is 29.2 Å². The van der Waals surface area contributed by atoms with Gasteiger partial charge in [-0.3, -0.25) is 4.40 Å². The Morgan fingerprint density at radius 2 is 1.48 bits per heavy atom. The molecule has 4 rings (SSSR count). The van der Waals surface area contributed by atoms with Crippen LogP contribution < -0.4 is 0 Å². The average molecular weight is 297 g/mol. The minimum Gasteiger partial charge on any atom is -0.284 e. The molecule has 0 spiro atoms. The van der Waals surface area contributed by atoms with Crippen molar-refractivity contribution in [3.63, 3.8) is 0 Å². The maximum absolute atomic E-state index is 4.33. The molecule has 0 aliphatic rings. The van der Waals surface area contributed by atoms with E-state index in [4.69, 9.17) is 0 Å². The summed E-state index contributed by atoms with van der Waals surface area (Å²) in [5.41, 5.74) is 4.54. The third-order valence-electron chi connectivity index (χ3n) is 3.76. The molecule has 0 N–H and O–H groups in total. The standard InChI is InChI=1S/C20H15N3/c1-2-5-16(6-3-1)7-8-17-9-11-18(12-10-17)19-15-22-20-21-13-4-14-23(19)20/h1-15H/b8-7+. The van der Waals surface area contributed by atoms with Crippen LogP contribution in [0.5, 0.6) is 0 Å². The molecular formula is C20H15N3. The van der Waals surface area contributed by atoms with E-state index in [1.54, 1.807) is 6.20 Å². The van der Waals surface area contributed by atoms with E-state index < -0.39 is 0 Å². The number of nitrogens with zero attached hydrogens (tertiary/aromatic N) is 3. The molecule has 0 fully saturated rings. The Hall–Kier alpha value is -3.20. The zero-order valence-electron chi connectivity index (χ0n) is 12.5. The van der Waals surface area contributed by atoms with Crippen molar-refractivity contribution < 1.29 is 0 Å². The molecule has 0 bridgehead atoms. The minimum atomic E-state index is 0.718. The summed E-state index contributed by atoms with van der Waals surface area (Å²) in [4.78, 5) is 8.58. The van der Waals surface area contributed by atoms with Crippen LogP contribution in [-0.2, 0) is 0 Å². The van der Waals surface area contributed by atoms with Crippen molar-refractivity contribution >= 4 is 17.9 Å². The van der Waals surface area contributed by atoms with Crippen LogP contribution in [-0.4, -0.2) is 14.4 Å². The number of hydrogen-bond donors (Lipinski definition) is 0. The van der Waals surface area contributed by atoms with Gasteiger partial charge in [-0.15, -0.1) is 0 Å². The first-order chi connectivity index (χ1) is 11.4. The summed E-state index contributed by atoms with van der Waals surface area (Å²) in [5.74, 6) is 0.718. The van der Waals surface area contributed by atoms with Crippen molar-refractivity contribution in [1.29, 1.82) is 0 Å². The zero-order chi connectivity index (χ0) is 15.5. The molecule has 110 valence electrons. The van der Waals surface area contributed by atoms with Gasteiger partial charge in [0.25, 0.3) is 0 Å². The number of rotatable bonds is 3. The molecular weight excluding hydrogens is 282 g/mol. The van der Waals surface area contributed by atoms with Crippen molar-refractivity contribution in [3.05, 3.63) is 90.4 Å². The summed E-state index contributed by atoms with van der Waals surface area (Å²) < 4.78 is 1.99. The van der Waals surface area contributed by atoms with Gasteiger partial charge in [0.2, 0.25) is 5.78 Å². The summed E-state index contributed by atoms with van der Waals surface area (Å²) in [6.07, 6.45) is 9.83. The highest BCUT2D eigenvalue weighted by Gasteiger charge is 2.05. The first kappa shape index (κ1) is 13.5. The SMILES string of the molecule is C(=C\c1ccc(-c2cnc3ncccn23)cc1)/c1ccccc1. The fraction of sp³-hybridized carbons (Fsp3) is 0. The van der Waals surface area contributed by atoms with Crippen LogP contribution in [0, 0.1) is 0 Å². The fourth-order valence-corrected chi connectivity index (χ4v) is 2.56. The lowest BCUT2D eigenvalue weighted by Gasteiger charge is -2.02. The molecule has 3 nitrogen and oxygen atoms in total. The second-order valence-corrected chi connectivity index (χ2v) is 5.30. The van der Waals surface area contributed by atoms with E-state index in [2.05, 4.69) is 58.5 Å². The predicted octanol–water partition coefficient (Wildman–Crippen LogP) is 4.57. The van der Waals surface area contributed by atoms with Gasteiger partial charge < -0.3 is 0 Å². The second-order valence-electron chi connectivity index (χ2n) is 5.30. The first-order valence-corrected chi connectivity index (χ1v) is 7.52. The van der Waals surface area contributed by atoms with Crippen LogP contribution in [0.4, 0.5) is 0 Å². The van der Waals surface area contributed by atoms with Gasteiger partial charge in [0, 0.05) is 18.0 Å². The van der Waals surface area contributed by atoms with E-state index in [-0.39, 0.29) is 0 Å². The second kappa shape index (κ2) is 5.89. The maximum atomic E-state index is 4.33. The lowest BCUT2D eigenvalue weighted by Crippen LogP contribution is -1.89. The van der Waals surface area contributed by atoms with E-state index in [0.717, 1.165) is 17.0 Å². The highest BCUT2D eigenvalue weighted by Crippen LogP contribution is 2.21. The largest absolute Gasteiger partial charge is 0.284 e. The Kier molecular flexibility index (Phi) is 3.45. The first-order valence-electron chi connectivity index (χ1n) is 7.52. The van der Waals surface area contributed by atoms with Gasteiger partial charge in [-0.25, -0.2) is 9.97 Å². The molecule has 2 heterocycles. The molecule has 0 atom stereocenters. The maximum Gasteiger partial charge on any atom is 0.234 e. The number of imidazole rings is 1. The molecule has 23 heavy (non-hydrogen) atoms. The molecule has 0 saturated heterocycles. The lowest BCUT2D eigenvalue weighted by molar-refractivity contribution is 1.11. The normalized spacial score (nSPS) is 11.3. The Bertz CT molecular complexity index is 951. The molecule has 0 radical (unpaired) electrons. The summed E-state index contributed by atoms with van der Waals surface area (Å²) in [6, 6.07) is 20.7. The van der Waals surface area contributed by atoms with E-state index in [0.29, 0.717) is 0 Å². The van der Waals surface area contributed by atoms with Crippen LogP contribution in [0.2, 0.25) is 0 Å². The van der Waals surface area contributed by atoms with Gasteiger partial charge in [0.1, 0.15) is 0 Å². The van der Waals surface area contributed by atoms with Gasteiger partial charge in [0.05, 0.1) is 11.9 Å². The summed E-state index contributed by atoms with van der Waals surface area (Å²) >= 11 is 0. The van der Waals surface area contributed by atoms with Gasteiger partial charge in [0.15, 0.2) is 0 Å². The highest BCUT2D eigenvalue weighted by molar-refractivity contribution is 5.71. The van der Waals surface area contributed by atoms with Crippen molar-refractivity contribution in [3.8, 4) is 11.3 Å². The molecule has 4 aromatic rings. The Balaban J connectivity index is 1.62. The molecule has 2 aromatic carbocycles. The molecule has 0 aliphatic heterocycles. The summed E-state index contributed by atoms with van der Waals surface area (Å²) in [7, 11) is 0. The third-order valence-corrected chi connectivity index (χ3v) is 3.76. The van der Waals surface area contributed by atoms with E-state index in [1.807, 2.05) is 41.1 Å². The predicted molar refractivity (Wildman–Crippen MR) is 93.8 cm³/mol. The molecule has 0 amide bonds. The van der Waals surface area contributed by atoms with Crippen molar-refractivity contribution in [2.24, 2.45) is 0 Å². The molecule has 0 aliphatic carbocycles. The topological polar surface area (TPSA) is 30.2 Å². The molecule has 0 saturated carbocycles. The van der Waals surface area contributed by atoms with Crippen LogP contribution in [0.3, 0.4) is 0 Å². The van der Waals surface area contributed by atoms with Gasteiger partial charge in [-0.2, -0.15) is 0 Å². The van der Waals surface area contributed by atoms with Gasteiger partial charge in [-0.05, 0) is 17.2 Å². The molecule has 0 unspecified atom stereocenters. The number of benzene rings is 2. The van der Waals surface area contributed by atoms with Gasteiger partial charge in [-0.1, -0.05) is 66.7 Å². The highest BCUT2D eigenvalue weighted by atomic mass is 15.1. The van der Waals surface area contributed by atoms with E-state index in [9.17, 15) is 0 Å². The van der Waals surface area contributed by atoms with Gasteiger partial charge >= 0.3 is 0 Å². The smallest absolute Gasteiger partial charge is 0.234 e. The Morgan fingerprint density at radius 1 is 0.739 bits per heavy atom. The number of aromatic nitrogens is 3. The molecule has 2 aromatic heterocycles. The quantitative estimate of drug-likeness (QED) is 0.519. The van der Waals surface area contributed by atoms with Crippen molar-refractivity contribution in [2.45, 2.75) is 0 Å². The minimum absolute atomic E-state index is 0.718. The summed E-state index contributed by atoms with van der Waals surface area (Å²) in [6.45, 7) is 0. The van der Waals surface area contributed by atoms with Crippen LogP contribution in [0.1, 0.15) is 11.1 Å². The number of hydrogen-bond acceptors (Lipinski definition) is 2. The number of fused-ring (bicyclic) bond motifs is 1. The fourth-order valence-electron chi connectivity index (χ4n) is 2.56.